The summed E-state index contributed by atoms with van der Waals surface area (Å²) >= 11 is 3.24. The molecule has 186 valence electrons. The van der Waals surface area contributed by atoms with Crippen LogP contribution in [-0.2, 0) is 9.59 Å². The maximum Gasteiger partial charge on any atom is 0.332 e. The van der Waals surface area contributed by atoms with Crippen molar-refractivity contribution in [1.82, 2.24) is 9.80 Å². The summed E-state index contributed by atoms with van der Waals surface area (Å²) < 4.78 is 0.576. The summed E-state index contributed by atoms with van der Waals surface area (Å²) in [6, 6.07) is 4.00. The van der Waals surface area contributed by atoms with Crippen molar-refractivity contribution in [3.63, 3.8) is 0 Å². The van der Waals surface area contributed by atoms with Crippen LogP contribution in [-0.4, -0.2) is 52.4 Å². The highest BCUT2D eigenvalue weighted by atomic mass is 79.9. The van der Waals surface area contributed by atoms with E-state index in [1.807, 2.05) is 30.4 Å². The molecule has 0 radical (unpaired) electrons. The average Bonchev–Trinajstić information content (AvgIpc) is 2.98. The quantitative estimate of drug-likeness (QED) is 0.338. The molecular weight excluding hydrogens is 530 g/mol. The normalized spacial score (nSPS) is 27.8. The fourth-order valence-electron chi connectivity index (χ4n) is 6.12. The number of carbonyl (C=O) groups excluding carboxylic acids is 3. The van der Waals surface area contributed by atoms with Gasteiger partial charge in [0.05, 0.1) is 4.92 Å². The first-order valence-corrected chi connectivity index (χ1v) is 12.4. The van der Waals surface area contributed by atoms with Crippen LogP contribution in [0.15, 0.2) is 63.7 Å². The van der Waals surface area contributed by atoms with Gasteiger partial charge in [-0.3, -0.25) is 34.9 Å². The van der Waals surface area contributed by atoms with Gasteiger partial charge in [0.1, 0.15) is 5.69 Å². The van der Waals surface area contributed by atoms with E-state index < -0.39 is 34.1 Å². The van der Waals surface area contributed by atoms with Crippen LogP contribution in [0.4, 0.5) is 16.2 Å². The number of allylic oxidation sites excluding steroid dienone is 5. The van der Waals surface area contributed by atoms with Gasteiger partial charge in [0.2, 0.25) is 0 Å². The molecule has 3 atom stereocenters. The van der Waals surface area contributed by atoms with Gasteiger partial charge < -0.3 is 0 Å². The van der Waals surface area contributed by atoms with Crippen LogP contribution >= 0.6 is 15.9 Å². The van der Waals surface area contributed by atoms with Gasteiger partial charge in [-0.05, 0) is 48.8 Å². The minimum Gasteiger partial charge on any atom is -0.273 e. The molecule has 0 aromatic heterocycles. The van der Waals surface area contributed by atoms with Crippen molar-refractivity contribution in [2.45, 2.75) is 19.3 Å². The van der Waals surface area contributed by atoms with Crippen LogP contribution in [0.25, 0.3) is 0 Å². The largest absolute Gasteiger partial charge is 0.332 e. The van der Waals surface area contributed by atoms with Crippen molar-refractivity contribution in [3.8, 4) is 0 Å². The van der Waals surface area contributed by atoms with Gasteiger partial charge >= 0.3 is 6.03 Å². The van der Waals surface area contributed by atoms with E-state index in [4.69, 9.17) is 0 Å². The number of nitro benzene ring substituents is 1. The van der Waals surface area contributed by atoms with E-state index in [1.165, 1.54) is 20.2 Å². The molecule has 1 aromatic rings. The first-order chi connectivity index (χ1) is 17.2. The summed E-state index contributed by atoms with van der Waals surface area (Å²) in [6.07, 6.45) is 11.1. The molecule has 1 aliphatic heterocycles. The number of nitrogens with one attached hydrogen (secondary N) is 1. The second-order valence-electron chi connectivity index (χ2n) is 9.46. The summed E-state index contributed by atoms with van der Waals surface area (Å²) in [5.41, 5.74) is 2.87. The molecule has 11 heteroatoms. The van der Waals surface area contributed by atoms with E-state index >= 15 is 0 Å². The molecule has 5 rings (SSSR count). The van der Waals surface area contributed by atoms with E-state index in [2.05, 4.69) is 26.5 Å². The number of hydrazone groups is 1. The van der Waals surface area contributed by atoms with Crippen molar-refractivity contribution in [1.29, 1.82) is 0 Å². The van der Waals surface area contributed by atoms with Gasteiger partial charge in [-0.25, -0.2) is 4.79 Å². The molecule has 0 unspecified atom stereocenters. The Kier molecular flexibility index (Phi) is 5.90. The van der Waals surface area contributed by atoms with Crippen molar-refractivity contribution >= 4 is 50.9 Å². The van der Waals surface area contributed by atoms with Gasteiger partial charge in [0.25, 0.3) is 17.5 Å². The molecule has 0 bridgehead atoms. The van der Waals surface area contributed by atoms with E-state index in [9.17, 15) is 24.5 Å². The average molecular weight is 554 g/mol. The monoisotopic (exact) mass is 553 g/mol. The third-order valence-electron chi connectivity index (χ3n) is 7.74. The molecule has 2 saturated carbocycles. The first-order valence-electron chi connectivity index (χ1n) is 11.6. The third-order valence-corrected chi connectivity index (χ3v) is 8.23. The standard InChI is InChI=1S/C25H24BrN5O5/c1-29-22(32)25(23(33)30(2)24(29)34)18-7-5-3-4-6-16(18)17-10-9-15(13-19(17)25)27-28-20-11-8-14(26)12-21(20)31(35)36/h3-8,11-12,16-17,19,28H,9-10,13H2,1-2H3/b27-15-/t16-,17+,19-/m1/s1. The lowest BCUT2D eigenvalue weighted by Crippen LogP contribution is -2.65. The number of hydrogen-bond acceptors (Lipinski definition) is 7. The summed E-state index contributed by atoms with van der Waals surface area (Å²) in [4.78, 5) is 53.3. The summed E-state index contributed by atoms with van der Waals surface area (Å²) in [5, 5.41) is 16.0. The maximum absolute atomic E-state index is 13.8. The molecule has 1 spiro atoms. The molecule has 1 N–H and O–H groups in total. The molecule has 1 aromatic carbocycles. The molecular formula is C25H24BrN5O5. The van der Waals surface area contributed by atoms with Gasteiger partial charge in [-0.1, -0.05) is 46.3 Å². The fraction of sp³-hybridized carbons (Fsp3) is 0.360. The number of anilines is 1. The number of rotatable bonds is 3. The van der Waals surface area contributed by atoms with Crippen LogP contribution in [0.1, 0.15) is 19.3 Å². The van der Waals surface area contributed by atoms with Crippen molar-refractivity contribution in [2.24, 2.45) is 28.3 Å². The van der Waals surface area contributed by atoms with E-state index in [1.54, 1.807) is 12.1 Å². The highest BCUT2D eigenvalue weighted by molar-refractivity contribution is 9.10. The molecule has 10 nitrogen and oxygen atoms in total. The van der Waals surface area contributed by atoms with Crippen molar-refractivity contribution in [2.75, 3.05) is 19.5 Å². The van der Waals surface area contributed by atoms with Crippen LogP contribution in [0.5, 0.6) is 0 Å². The SMILES string of the molecule is CN1C(=O)N(C)C(=O)C2(C1=O)C1=CC=CC=C[C@@H]1[C@@H]1CC/C(=N/Nc3ccc(Br)cc3[N+](=O)[O-])C[C@H]12. The van der Waals surface area contributed by atoms with E-state index in [0.717, 1.165) is 9.80 Å². The Morgan fingerprint density at radius 1 is 1.14 bits per heavy atom. The third kappa shape index (κ3) is 3.44. The number of fused-ring (bicyclic) bond motifs is 5. The molecule has 1 saturated heterocycles. The van der Waals surface area contributed by atoms with Gasteiger partial charge in [0, 0.05) is 36.3 Å². The molecule has 3 aliphatic carbocycles. The second kappa shape index (κ2) is 8.81. The maximum atomic E-state index is 13.8. The molecule has 3 fully saturated rings. The predicted molar refractivity (Wildman–Crippen MR) is 136 cm³/mol. The van der Waals surface area contributed by atoms with Gasteiger partial charge in [0.15, 0.2) is 5.41 Å². The molecule has 36 heavy (non-hydrogen) atoms. The number of halogens is 1. The van der Waals surface area contributed by atoms with Crippen LogP contribution in [0.2, 0.25) is 0 Å². The lowest BCUT2D eigenvalue weighted by molar-refractivity contribution is -0.384. The molecule has 4 aliphatic rings. The number of nitrogens with zero attached hydrogens (tertiary/aromatic N) is 4. The molecule has 4 amide bonds. The predicted octanol–water partition coefficient (Wildman–Crippen LogP) is 4.26. The number of imide groups is 2. The van der Waals surface area contributed by atoms with E-state index in [-0.39, 0.29) is 23.2 Å². The number of urea groups is 1. The zero-order valence-corrected chi connectivity index (χ0v) is 21.3. The lowest BCUT2D eigenvalue weighted by Gasteiger charge is -2.45. The minimum atomic E-state index is -1.50. The van der Waals surface area contributed by atoms with Crippen molar-refractivity contribution < 1.29 is 19.3 Å². The van der Waals surface area contributed by atoms with Crippen LogP contribution in [0.3, 0.4) is 0 Å². The number of nitro groups is 1. The van der Waals surface area contributed by atoms with E-state index in [0.29, 0.717) is 35.0 Å². The highest BCUT2D eigenvalue weighted by Gasteiger charge is 2.69. The lowest BCUT2D eigenvalue weighted by atomic mass is 9.65. The summed E-state index contributed by atoms with van der Waals surface area (Å²) in [5.74, 6) is -1.54. The Balaban J connectivity index is 1.55. The Morgan fingerprint density at radius 3 is 2.56 bits per heavy atom. The number of amides is 4. The van der Waals surface area contributed by atoms with Crippen molar-refractivity contribution in [3.05, 3.63) is 68.7 Å². The van der Waals surface area contributed by atoms with Gasteiger partial charge in [-0.2, -0.15) is 5.10 Å². The smallest absolute Gasteiger partial charge is 0.273 e. The Bertz CT molecular complexity index is 1290. The van der Waals surface area contributed by atoms with Crippen LogP contribution in [0, 0.1) is 33.3 Å². The zero-order valence-electron chi connectivity index (χ0n) is 19.7. The highest BCUT2D eigenvalue weighted by Crippen LogP contribution is 2.61. The topological polar surface area (TPSA) is 125 Å². The first kappa shape index (κ1) is 24.1. The number of carbonyl (C=O) groups is 3. The number of barbiturate groups is 1. The Labute approximate surface area is 215 Å². The number of benzene rings is 1. The molecule has 1 heterocycles. The Hall–Kier alpha value is -3.60. The summed E-state index contributed by atoms with van der Waals surface area (Å²) in [6.45, 7) is 0. The summed E-state index contributed by atoms with van der Waals surface area (Å²) in [7, 11) is 2.82. The second-order valence-corrected chi connectivity index (χ2v) is 10.4. The van der Waals surface area contributed by atoms with Crippen LogP contribution < -0.4 is 5.43 Å². The van der Waals surface area contributed by atoms with Gasteiger partial charge in [-0.15, -0.1) is 0 Å². The Morgan fingerprint density at radius 2 is 1.86 bits per heavy atom. The number of hydrogen-bond donors (Lipinski definition) is 1. The minimum absolute atomic E-state index is 0.0104. The zero-order chi connectivity index (χ0) is 25.8. The fourth-order valence-corrected chi connectivity index (χ4v) is 6.47.